The minimum Gasteiger partial charge on any atom is -0.454 e. The highest BCUT2D eigenvalue weighted by atomic mass is 16.3. The molecule has 0 fully saturated rings. The number of benzene rings is 2. The number of aryl methyl sites for hydroxylation is 1. The number of nitrogens with zero attached hydrogens (tertiary/aromatic N) is 1. The maximum atomic E-state index is 6.02. The van der Waals surface area contributed by atoms with Crippen molar-refractivity contribution in [3.63, 3.8) is 0 Å². The van der Waals surface area contributed by atoms with Gasteiger partial charge in [0.2, 0.25) is 0 Å². The molecule has 0 aliphatic heterocycles. The fourth-order valence-corrected chi connectivity index (χ4v) is 2.65. The van der Waals surface area contributed by atoms with E-state index < -0.39 is 0 Å². The Kier molecular flexibility index (Phi) is 2.36. The van der Waals surface area contributed by atoms with Crippen molar-refractivity contribution in [1.82, 2.24) is 4.98 Å². The molecule has 2 nitrogen and oxygen atoms in total. The molecule has 0 aliphatic rings. The second-order valence-corrected chi connectivity index (χ2v) is 5.00. The van der Waals surface area contributed by atoms with Gasteiger partial charge in [-0.05, 0) is 25.1 Å². The largest absolute Gasteiger partial charge is 0.454 e. The lowest BCUT2D eigenvalue weighted by Gasteiger charge is -2.02. The average Bonchev–Trinajstić information content (AvgIpc) is 2.86. The summed E-state index contributed by atoms with van der Waals surface area (Å²) in [6.45, 7) is 2.09. The van der Waals surface area contributed by atoms with Gasteiger partial charge in [0, 0.05) is 22.5 Å². The summed E-state index contributed by atoms with van der Waals surface area (Å²) >= 11 is 0. The Bertz CT molecular complexity index is 921. The predicted molar refractivity (Wildman–Crippen MR) is 81.7 cm³/mol. The van der Waals surface area contributed by atoms with Crippen LogP contribution in [0.25, 0.3) is 33.2 Å². The zero-order valence-corrected chi connectivity index (χ0v) is 11.1. The second-order valence-electron chi connectivity index (χ2n) is 5.00. The molecular weight excluding hydrogens is 246 g/mol. The molecule has 2 aromatic carbocycles. The van der Waals surface area contributed by atoms with Gasteiger partial charge in [0.1, 0.15) is 11.3 Å². The number of hydrogen-bond donors (Lipinski definition) is 0. The van der Waals surface area contributed by atoms with Crippen LogP contribution in [0.2, 0.25) is 0 Å². The fraction of sp³-hybridized carbons (Fsp3) is 0.0556. The second kappa shape index (κ2) is 4.20. The van der Waals surface area contributed by atoms with Gasteiger partial charge >= 0.3 is 0 Å². The van der Waals surface area contributed by atoms with E-state index >= 15 is 0 Å². The Morgan fingerprint density at radius 2 is 1.80 bits per heavy atom. The quantitative estimate of drug-likeness (QED) is 0.483. The minimum atomic E-state index is 0.860. The van der Waals surface area contributed by atoms with E-state index in [1.54, 1.807) is 0 Å². The zero-order valence-electron chi connectivity index (χ0n) is 11.1. The first kappa shape index (κ1) is 11.2. The molecule has 0 radical (unpaired) electrons. The lowest BCUT2D eigenvalue weighted by Crippen LogP contribution is -1.84. The summed E-state index contributed by atoms with van der Waals surface area (Å²) in [6.07, 6.45) is 1.85. The van der Waals surface area contributed by atoms with Crippen molar-refractivity contribution in [3.05, 3.63) is 66.4 Å². The molecule has 0 saturated carbocycles. The molecule has 2 heterocycles. The number of fused-ring (bicyclic) bond motifs is 3. The van der Waals surface area contributed by atoms with Gasteiger partial charge in [-0.15, -0.1) is 0 Å². The zero-order chi connectivity index (χ0) is 13.5. The normalized spacial score (nSPS) is 11.2. The summed E-state index contributed by atoms with van der Waals surface area (Å²) in [7, 11) is 0. The van der Waals surface area contributed by atoms with E-state index in [0.717, 1.165) is 33.2 Å². The lowest BCUT2D eigenvalue weighted by atomic mass is 10.1. The molecule has 0 saturated heterocycles. The number of pyridine rings is 1. The molecule has 4 aromatic rings. The SMILES string of the molecule is Cc1cccc(-c2nccc3c2oc2ccccc23)c1. The molecule has 2 aromatic heterocycles. The first-order valence-corrected chi connectivity index (χ1v) is 6.66. The smallest absolute Gasteiger partial charge is 0.161 e. The predicted octanol–water partition coefficient (Wildman–Crippen LogP) is 4.96. The van der Waals surface area contributed by atoms with Crippen LogP contribution < -0.4 is 0 Å². The third kappa shape index (κ3) is 1.62. The molecule has 0 N–H and O–H groups in total. The van der Waals surface area contributed by atoms with Crippen molar-refractivity contribution in [2.75, 3.05) is 0 Å². The molecule has 0 amide bonds. The van der Waals surface area contributed by atoms with Crippen LogP contribution in [-0.4, -0.2) is 4.98 Å². The van der Waals surface area contributed by atoms with Gasteiger partial charge in [0.25, 0.3) is 0 Å². The monoisotopic (exact) mass is 259 g/mol. The summed E-state index contributed by atoms with van der Waals surface area (Å²) in [6, 6.07) is 18.5. The van der Waals surface area contributed by atoms with E-state index in [2.05, 4.69) is 36.2 Å². The molecule has 2 heteroatoms. The van der Waals surface area contributed by atoms with Crippen LogP contribution in [0.1, 0.15) is 5.56 Å². The van der Waals surface area contributed by atoms with Crippen molar-refractivity contribution in [2.45, 2.75) is 6.92 Å². The molecule has 0 unspecified atom stereocenters. The van der Waals surface area contributed by atoms with Crippen molar-refractivity contribution < 1.29 is 4.42 Å². The van der Waals surface area contributed by atoms with E-state index in [4.69, 9.17) is 4.42 Å². The molecule has 0 bridgehead atoms. The van der Waals surface area contributed by atoms with Crippen LogP contribution in [0.5, 0.6) is 0 Å². The molecule has 20 heavy (non-hydrogen) atoms. The van der Waals surface area contributed by atoms with Gasteiger partial charge in [0.15, 0.2) is 5.58 Å². The van der Waals surface area contributed by atoms with Crippen LogP contribution in [-0.2, 0) is 0 Å². The van der Waals surface area contributed by atoms with Crippen molar-refractivity contribution in [3.8, 4) is 11.3 Å². The number of rotatable bonds is 1. The third-order valence-electron chi connectivity index (χ3n) is 3.59. The van der Waals surface area contributed by atoms with Gasteiger partial charge in [-0.2, -0.15) is 0 Å². The Labute approximate surface area is 116 Å². The van der Waals surface area contributed by atoms with Gasteiger partial charge in [-0.3, -0.25) is 4.98 Å². The highest BCUT2D eigenvalue weighted by Crippen LogP contribution is 2.34. The van der Waals surface area contributed by atoms with Crippen molar-refractivity contribution in [2.24, 2.45) is 0 Å². The average molecular weight is 259 g/mol. The Morgan fingerprint density at radius 3 is 2.70 bits per heavy atom. The van der Waals surface area contributed by atoms with Crippen molar-refractivity contribution in [1.29, 1.82) is 0 Å². The van der Waals surface area contributed by atoms with Crippen LogP contribution in [0.15, 0.2) is 65.2 Å². The molecule has 0 spiro atoms. The summed E-state index contributed by atoms with van der Waals surface area (Å²) in [4.78, 5) is 4.52. The van der Waals surface area contributed by atoms with Gasteiger partial charge in [-0.25, -0.2) is 0 Å². The number of aromatic nitrogens is 1. The molecular formula is C18H13NO. The Morgan fingerprint density at radius 1 is 0.900 bits per heavy atom. The Hall–Kier alpha value is -2.61. The van der Waals surface area contributed by atoms with Crippen LogP contribution in [0, 0.1) is 6.92 Å². The van der Waals surface area contributed by atoms with E-state index in [0.29, 0.717) is 0 Å². The van der Waals surface area contributed by atoms with Crippen LogP contribution in [0.3, 0.4) is 0 Å². The van der Waals surface area contributed by atoms with E-state index in [-0.39, 0.29) is 0 Å². The topological polar surface area (TPSA) is 26.0 Å². The van der Waals surface area contributed by atoms with Crippen molar-refractivity contribution >= 4 is 21.9 Å². The molecule has 0 atom stereocenters. The number of hydrogen-bond acceptors (Lipinski definition) is 2. The standard InChI is InChI=1S/C18H13NO/c1-12-5-4-6-13(11-12)17-18-15(9-10-19-17)14-7-2-3-8-16(14)20-18/h2-11H,1H3. The number of furan rings is 1. The van der Waals surface area contributed by atoms with Crippen LogP contribution >= 0.6 is 0 Å². The maximum absolute atomic E-state index is 6.02. The van der Waals surface area contributed by atoms with E-state index in [1.807, 2.05) is 36.5 Å². The summed E-state index contributed by atoms with van der Waals surface area (Å²) < 4.78 is 6.02. The minimum absolute atomic E-state index is 0.860. The van der Waals surface area contributed by atoms with E-state index in [9.17, 15) is 0 Å². The maximum Gasteiger partial charge on any atom is 0.161 e. The first-order valence-electron chi connectivity index (χ1n) is 6.66. The van der Waals surface area contributed by atoms with Gasteiger partial charge < -0.3 is 4.42 Å². The summed E-state index contributed by atoms with van der Waals surface area (Å²) in [5.41, 5.74) is 4.98. The first-order chi connectivity index (χ1) is 9.83. The third-order valence-corrected chi connectivity index (χ3v) is 3.59. The molecule has 96 valence electrons. The lowest BCUT2D eigenvalue weighted by molar-refractivity contribution is 0.668. The highest BCUT2D eigenvalue weighted by molar-refractivity contribution is 6.08. The fourth-order valence-electron chi connectivity index (χ4n) is 2.65. The van der Waals surface area contributed by atoms with Crippen LogP contribution in [0.4, 0.5) is 0 Å². The number of para-hydroxylation sites is 1. The molecule has 0 aliphatic carbocycles. The van der Waals surface area contributed by atoms with Gasteiger partial charge in [-0.1, -0.05) is 42.0 Å². The molecule has 4 rings (SSSR count). The summed E-state index contributed by atoms with van der Waals surface area (Å²) in [5.74, 6) is 0. The highest BCUT2D eigenvalue weighted by Gasteiger charge is 2.12. The van der Waals surface area contributed by atoms with Gasteiger partial charge in [0.05, 0.1) is 0 Å². The Balaban J connectivity index is 2.10. The van der Waals surface area contributed by atoms with E-state index in [1.165, 1.54) is 5.56 Å². The summed E-state index contributed by atoms with van der Waals surface area (Å²) in [5, 5.41) is 2.26.